The number of carboxylic acids is 1. The highest BCUT2D eigenvalue weighted by Gasteiger charge is 2.20. The Labute approximate surface area is 248 Å². The molecule has 0 rings (SSSR count). The number of carbonyl (C=O) groups is 2. The molecule has 0 fully saturated rings. The molecule has 4 heteroatoms. The van der Waals surface area contributed by atoms with E-state index in [1.165, 1.54) is 141 Å². The van der Waals surface area contributed by atoms with E-state index < -0.39 is 18.0 Å². The fourth-order valence-electron chi connectivity index (χ4n) is 5.10. The van der Waals surface area contributed by atoms with Crippen LogP contribution in [-0.2, 0) is 14.3 Å². The van der Waals surface area contributed by atoms with E-state index in [1.54, 1.807) is 0 Å². The highest BCUT2D eigenvalue weighted by atomic mass is 16.6. The molecule has 40 heavy (non-hydrogen) atoms. The second-order valence-corrected chi connectivity index (χ2v) is 11.7. The summed E-state index contributed by atoms with van der Waals surface area (Å²) in [5.74, 6) is -1.60. The van der Waals surface area contributed by atoms with Crippen molar-refractivity contribution in [2.45, 2.75) is 193 Å². The van der Waals surface area contributed by atoms with E-state index in [0.29, 0.717) is 12.8 Å². The Morgan fingerprint density at radius 2 is 0.875 bits per heavy atom. The van der Waals surface area contributed by atoms with Crippen LogP contribution in [0.15, 0.2) is 24.3 Å². The molecule has 0 aromatic rings. The Bertz CT molecular complexity index is 610. The van der Waals surface area contributed by atoms with Crippen molar-refractivity contribution in [1.82, 2.24) is 0 Å². The van der Waals surface area contributed by atoms with Gasteiger partial charge in [0.2, 0.25) is 0 Å². The minimum absolute atomic E-state index is 0.357. The zero-order valence-electron chi connectivity index (χ0n) is 26.7. The molecule has 1 N–H and O–H groups in total. The summed E-state index contributed by atoms with van der Waals surface area (Å²) in [5, 5.41) is 9.41. The SMILES string of the molecule is CCCCCCCCCCC/C=C\CCCC(OC(=O)C=CCCCCCCCCCCCCCCC)C(=O)O. The molecule has 0 heterocycles. The van der Waals surface area contributed by atoms with Gasteiger partial charge in [-0.25, -0.2) is 9.59 Å². The van der Waals surface area contributed by atoms with Gasteiger partial charge in [0.1, 0.15) is 0 Å². The van der Waals surface area contributed by atoms with Crippen LogP contribution in [0.4, 0.5) is 0 Å². The van der Waals surface area contributed by atoms with Gasteiger partial charge in [0.05, 0.1) is 0 Å². The summed E-state index contributed by atoms with van der Waals surface area (Å²) in [6, 6.07) is 0. The van der Waals surface area contributed by atoms with Crippen molar-refractivity contribution in [2.75, 3.05) is 0 Å². The molecular formula is C36H66O4. The second kappa shape index (κ2) is 31.9. The summed E-state index contributed by atoms with van der Waals surface area (Å²) in [6.45, 7) is 4.52. The molecule has 0 radical (unpaired) electrons. The third kappa shape index (κ3) is 29.4. The lowest BCUT2D eigenvalue weighted by molar-refractivity contribution is -0.161. The van der Waals surface area contributed by atoms with Gasteiger partial charge in [0, 0.05) is 6.08 Å². The molecular weight excluding hydrogens is 496 g/mol. The van der Waals surface area contributed by atoms with Crippen LogP contribution in [0.2, 0.25) is 0 Å². The Morgan fingerprint density at radius 3 is 1.27 bits per heavy atom. The maximum absolute atomic E-state index is 12.1. The van der Waals surface area contributed by atoms with Gasteiger partial charge >= 0.3 is 11.9 Å². The topological polar surface area (TPSA) is 63.6 Å². The van der Waals surface area contributed by atoms with Crippen molar-refractivity contribution in [3.63, 3.8) is 0 Å². The Hall–Kier alpha value is -1.58. The minimum Gasteiger partial charge on any atom is -0.479 e. The minimum atomic E-state index is -1.06. The first-order valence-electron chi connectivity index (χ1n) is 17.4. The van der Waals surface area contributed by atoms with Gasteiger partial charge in [0.15, 0.2) is 6.10 Å². The first-order valence-corrected chi connectivity index (χ1v) is 17.4. The van der Waals surface area contributed by atoms with Crippen molar-refractivity contribution in [1.29, 1.82) is 0 Å². The van der Waals surface area contributed by atoms with E-state index in [1.807, 2.05) is 6.08 Å². The third-order valence-electron chi connectivity index (χ3n) is 7.74. The summed E-state index contributed by atoms with van der Waals surface area (Å²) < 4.78 is 5.20. The largest absolute Gasteiger partial charge is 0.479 e. The number of carboxylic acid groups (broad SMARTS) is 1. The molecule has 1 atom stereocenters. The molecule has 0 saturated carbocycles. The number of rotatable bonds is 31. The summed E-state index contributed by atoms with van der Waals surface area (Å²) in [6.07, 6.45) is 39.6. The highest BCUT2D eigenvalue weighted by molar-refractivity contribution is 5.85. The van der Waals surface area contributed by atoms with Crippen molar-refractivity contribution in [3.8, 4) is 0 Å². The highest BCUT2D eigenvalue weighted by Crippen LogP contribution is 2.14. The molecule has 4 nitrogen and oxygen atoms in total. The summed E-state index contributed by atoms with van der Waals surface area (Å²) in [7, 11) is 0. The molecule has 0 bridgehead atoms. The van der Waals surface area contributed by atoms with Crippen LogP contribution in [-0.4, -0.2) is 23.1 Å². The predicted octanol–water partition coefficient (Wildman–Crippen LogP) is 11.7. The van der Waals surface area contributed by atoms with Gasteiger partial charge in [-0.05, 0) is 44.9 Å². The fraction of sp³-hybridized carbons (Fsp3) is 0.833. The lowest BCUT2D eigenvalue weighted by Gasteiger charge is -2.11. The number of esters is 1. The number of hydrogen-bond donors (Lipinski definition) is 1. The van der Waals surface area contributed by atoms with Gasteiger partial charge in [-0.2, -0.15) is 0 Å². The zero-order chi connectivity index (χ0) is 29.4. The van der Waals surface area contributed by atoms with Crippen molar-refractivity contribution in [3.05, 3.63) is 24.3 Å². The van der Waals surface area contributed by atoms with Gasteiger partial charge < -0.3 is 9.84 Å². The maximum atomic E-state index is 12.1. The third-order valence-corrected chi connectivity index (χ3v) is 7.74. The molecule has 0 aliphatic rings. The van der Waals surface area contributed by atoms with Gasteiger partial charge in [-0.1, -0.05) is 160 Å². The quantitative estimate of drug-likeness (QED) is 0.0395. The number of hydrogen-bond acceptors (Lipinski definition) is 3. The van der Waals surface area contributed by atoms with E-state index in [4.69, 9.17) is 4.74 Å². The van der Waals surface area contributed by atoms with Crippen LogP contribution in [0, 0.1) is 0 Å². The van der Waals surface area contributed by atoms with Crippen molar-refractivity contribution < 1.29 is 19.4 Å². The summed E-state index contributed by atoms with van der Waals surface area (Å²) in [5.41, 5.74) is 0. The lowest BCUT2D eigenvalue weighted by Crippen LogP contribution is -2.26. The molecule has 0 aromatic heterocycles. The number of unbranched alkanes of at least 4 members (excludes halogenated alkanes) is 23. The number of ether oxygens (including phenoxy) is 1. The van der Waals surface area contributed by atoms with E-state index in [2.05, 4.69) is 26.0 Å². The van der Waals surface area contributed by atoms with Crippen LogP contribution >= 0.6 is 0 Å². The molecule has 0 amide bonds. The standard InChI is InChI=1S/C36H66O4/c1-3-5-7-9-11-13-15-17-19-21-23-25-27-29-31-33-35(37)40-34(36(38)39)32-30-28-26-24-22-20-18-16-14-12-10-8-6-4-2/h24,26,31,33-34H,3-23,25,27-30,32H2,1-2H3,(H,38,39)/b26-24-,33-31?. The van der Waals surface area contributed by atoms with Gasteiger partial charge in [-0.15, -0.1) is 0 Å². The van der Waals surface area contributed by atoms with Gasteiger partial charge in [-0.3, -0.25) is 0 Å². The first-order chi connectivity index (χ1) is 19.6. The molecule has 0 spiro atoms. The summed E-state index contributed by atoms with van der Waals surface area (Å²) >= 11 is 0. The Kier molecular flexibility index (Phi) is 30.7. The zero-order valence-corrected chi connectivity index (χ0v) is 26.7. The van der Waals surface area contributed by atoms with E-state index >= 15 is 0 Å². The monoisotopic (exact) mass is 562 g/mol. The first kappa shape index (κ1) is 38.4. The molecule has 0 aromatic carbocycles. The maximum Gasteiger partial charge on any atom is 0.345 e. The van der Waals surface area contributed by atoms with E-state index in [0.717, 1.165) is 25.7 Å². The Morgan fingerprint density at radius 1 is 0.525 bits per heavy atom. The number of allylic oxidation sites excluding steroid dienone is 3. The molecule has 0 aliphatic heterocycles. The van der Waals surface area contributed by atoms with Crippen LogP contribution < -0.4 is 0 Å². The molecule has 0 saturated heterocycles. The Balaban J connectivity index is 3.67. The van der Waals surface area contributed by atoms with Crippen LogP contribution in [0.1, 0.15) is 187 Å². The van der Waals surface area contributed by atoms with Crippen molar-refractivity contribution in [2.24, 2.45) is 0 Å². The lowest BCUT2D eigenvalue weighted by atomic mass is 10.0. The van der Waals surface area contributed by atoms with E-state index in [9.17, 15) is 14.7 Å². The smallest absolute Gasteiger partial charge is 0.345 e. The number of carbonyl (C=O) groups excluding carboxylic acids is 1. The predicted molar refractivity (Wildman–Crippen MR) is 172 cm³/mol. The average molecular weight is 563 g/mol. The average Bonchev–Trinajstić information content (AvgIpc) is 2.94. The molecule has 1 unspecified atom stereocenters. The van der Waals surface area contributed by atoms with Crippen LogP contribution in [0.25, 0.3) is 0 Å². The molecule has 0 aliphatic carbocycles. The normalized spacial score (nSPS) is 12.4. The van der Waals surface area contributed by atoms with E-state index in [-0.39, 0.29) is 0 Å². The van der Waals surface area contributed by atoms with Gasteiger partial charge in [0.25, 0.3) is 0 Å². The number of aliphatic carboxylic acids is 1. The van der Waals surface area contributed by atoms with Crippen molar-refractivity contribution >= 4 is 11.9 Å². The fourth-order valence-corrected chi connectivity index (χ4v) is 5.10. The second-order valence-electron chi connectivity index (χ2n) is 11.7. The summed E-state index contributed by atoms with van der Waals surface area (Å²) in [4.78, 5) is 23.5. The van der Waals surface area contributed by atoms with Crippen LogP contribution in [0.5, 0.6) is 0 Å². The van der Waals surface area contributed by atoms with Crippen LogP contribution in [0.3, 0.4) is 0 Å². The molecule has 234 valence electrons.